The highest BCUT2D eigenvalue weighted by molar-refractivity contribution is 5.28. The summed E-state index contributed by atoms with van der Waals surface area (Å²) in [7, 11) is 3.91. The number of rotatable bonds is 2. The number of hydrogen-bond acceptors (Lipinski definition) is 5. The van der Waals surface area contributed by atoms with Crippen LogP contribution < -0.4 is 10.6 Å². The van der Waals surface area contributed by atoms with Gasteiger partial charge in [0.25, 0.3) is 0 Å². The molecule has 1 aromatic rings. The maximum Gasteiger partial charge on any atom is 0.245 e. The zero-order chi connectivity index (χ0) is 10.8. The second-order valence-electron chi connectivity index (χ2n) is 4.28. The van der Waals surface area contributed by atoms with E-state index in [4.69, 9.17) is 5.73 Å². The molecule has 1 fully saturated rings. The van der Waals surface area contributed by atoms with Crippen molar-refractivity contribution < 1.29 is 0 Å². The van der Waals surface area contributed by atoms with E-state index in [2.05, 4.69) is 20.4 Å². The lowest BCUT2D eigenvalue weighted by Crippen LogP contribution is -2.39. The summed E-state index contributed by atoms with van der Waals surface area (Å²) in [6.07, 6.45) is 4.45. The standard InChI is InChI=1S/C9H18N6/c1-14(9-11-12-13-15(9)2)8-5-3-7(10)4-6-8/h7-8H,3-6,10H2,1-2H3. The van der Waals surface area contributed by atoms with E-state index in [0.29, 0.717) is 12.1 Å². The largest absolute Gasteiger partial charge is 0.340 e. The summed E-state index contributed by atoms with van der Waals surface area (Å²) >= 11 is 0. The van der Waals surface area contributed by atoms with Crippen LogP contribution in [0.5, 0.6) is 0 Å². The van der Waals surface area contributed by atoms with Crippen LogP contribution >= 0.6 is 0 Å². The minimum atomic E-state index is 0.382. The Hall–Kier alpha value is -1.17. The normalized spacial score (nSPS) is 26.6. The third-order valence-electron chi connectivity index (χ3n) is 3.20. The van der Waals surface area contributed by atoms with E-state index in [-0.39, 0.29) is 0 Å². The molecule has 84 valence electrons. The van der Waals surface area contributed by atoms with Crippen molar-refractivity contribution >= 4 is 5.95 Å². The third-order valence-corrected chi connectivity index (χ3v) is 3.20. The summed E-state index contributed by atoms with van der Waals surface area (Å²) in [5.74, 6) is 0.829. The first-order chi connectivity index (χ1) is 7.18. The van der Waals surface area contributed by atoms with E-state index >= 15 is 0 Å². The smallest absolute Gasteiger partial charge is 0.245 e. The average molecular weight is 210 g/mol. The first-order valence-electron chi connectivity index (χ1n) is 5.39. The molecule has 0 aromatic carbocycles. The molecule has 0 aliphatic heterocycles. The van der Waals surface area contributed by atoms with E-state index in [9.17, 15) is 0 Å². The van der Waals surface area contributed by atoms with Gasteiger partial charge in [-0.15, -0.1) is 0 Å². The average Bonchev–Trinajstić information content (AvgIpc) is 2.65. The summed E-state index contributed by atoms with van der Waals surface area (Å²) in [5.41, 5.74) is 5.88. The molecule has 0 atom stereocenters. The maximum absolute atomic E-state index is 5.88. The van der Waals surface area contributed by atoms with Crippen molar-refractivity contribution in [2.75, 3.05) is 11.9 Å². The van der Waals surface area contributed by atoms with Gasteiger partial charge in [-0.2, -0.15) is 0 Å². The zero-order valence-electron chi connectivity index (χ0n) is 9.30. The molecule has 0 unspecified atom stereocenters. The van der Waals surface area contributed by atoms with Crippen LogP contribution in [0.25, 0.3) is 0 Å². The molecular weight excluding hydrogens is 192 g/mol. The van der Waals surface area contributed by atoms with Crippen molar-refractivity contribution in [1.29, 1.82) is 0 Å². The Kier molecular flexibility index (Phi) is 2.86. The van der Waals surface area contributed by atoms with Gasteiger partial charge in [-0.1, -0.05) is 5.10 Å². The highest BCUT2D eigenvalue weighted by Crippen LogP contribution is 2.23. The molecule has 0 saturated heterocycles. The molecule has 1 heterocycles. The number of nitrogens with zero attached hydrogens (tertiary/aromatic N) is 5. The fraction of sp³-hybridized carbons (Fsp3) is 0.889. The monoisotopic (exact) mass is 210 g/mol. The first-order valence-corrected chi connectivity index (χ1v) is 5.39. The zero-order valence-corrected chi connectivity index (χ0v) is 9.30. The van der Waals surface area contributed by atoms with Gasteiger partial charge in [0.05, 0.1) is 0 Å². The molecule has 2 N–H and O–H groups in total. The third kappa shape index (κ3) is 2.09. The molecule has 15 heavy (non-hydrogen) atoms. The van der Waals surface area contributed by atoms with Crippen LogP contribution in [0, 0.1) is 0 Å². The predicted octanol–water partition coefficient (Wildman–Crippen LogP) is -0.0838. The van der Waals surface area contributed by atoms with Crippen LogP contribution in [0.4, 0.5) is 5.95 Å². The fourth-order valence-corrected chi connectivity index (χ4v) is 2.18. The van der Waals surface area contributed by atoms with Crippen molar-refractivity contribution in [2.24, 2.45) is 12.8 Å². The molecule has 1 aliphatic rings. The van der Waals surface area contributed by atoms with Crippen molar-refractivity contribution in [2.45, 2.75) is 37.8 Å². The van der Waals surface area contributed by atoms with E-state index in [1.165, 1.54) is 0 Å². The summed E-state index contributed by atoms with van der Waals surface area (Å²) < 4.78 is 1.70. The summed E-state index contributed by atoms with van der Waals surface area (Å²) in [6.45, 7) is 0. The molecule has 1 aromatic heterocycles. The fourth-order valence-electron chi connectivity index (χ4n) is 2.18. The van der Waals surface area contributed by atoms with Crippen molar-refractivity contribution in [3.63, 3.8) is 0 Å². The van der Waals surface area contributed by atoms with E-state index in [0.717, 1.165) is 31.6 Å². The molecule has 0 spiro atoms. The van der Waals surface area contributed by atoms with E-state index in [1.807, 2.05) is 14.1 Å². The SMILES string of the molecule is CN(c1nnnn1C)C1CCC(N)CC1. The molecule has 6 nitrogen and oxygen atoms in total. The van der Waals surface area contributed by atoms with Gasteiger partial charge in [0.15, 0.2) is 0 Å². The number of nitrogens with two attached hydrogens (primary N) is 1. The second kappa shape index (κ2) is 4.14. The molecule has 0 radical (unpaired) electrons. The van der Waals surface area contributed by atoms with Gasteiger partial charge in [-0.25, -0.2) is 4.68 Å². The second-order valence-corrected chi connectivity index (χ2v) is 4.28. The van der Waals surface area contributed by atoms with Gasteiger partial charge in [0.1, 0.15) is 0 Å². The Bertz CT molecular complexity index is 314. The molecule has 1 saturated carbocycles. The van der Waals surface area contributed by atoms with Crippen LogP contribution in [0.15, 0.2) is 0 Å². The van der Waals surface area contributed by atoms with Crippen molar-refractivity contribution in [1.82, 2.24) is 20.2 Å². The quantitative estimate of drug-likeness (QED) is 0.739. The maximum atomic E-state index is 5.88. The molecule has 2 rings (SSSR count). The summed E-state index contributed by atoms with van der Waals surface area (Å²) in [6, 6.07) is 0.904. The van der Waals surface area contributed by atoms with Gasteiger partial charge < -0.3 is 10.6 Å². The van der Waals surface area contributed by atoms with Gasteiger partial charge in [0.2, 0.25) is 5.95 Å². The van der Waals surface area contributed by atoms with Crippen molar-refractivity contribution in [3.05, 3.63) is 0 Å². The number of aryl methyl sites for hydroxylation is 1. The van der Waals surface area contributed by atoms with Gasteiger partial charge in [0, 0.05) is 26.2 Å². The summed E-state index contributed by atoms with van der Waals surface area (Å²) in [5, 5.41) is 11.5. The number of anilines is 1. The number of tetrazole rings is 1. The number of aromatic nitrogens is 4. The molecule has 0 bridgehead atoms. The lowest BCUT2D eigenvalue weighted by atomic mass is 9.91. The summed E-state index contributed by atoms with van der Waals surface area (Å²) in [4.78, 5) is 2.16. The minimum absolute atomic E-state index is 0.382. The lowest BCUT2D eigenvalue weighted by Gasteiger charge is -2.33. The Morgan fingerprint density at radius 3 is 2.53 bits per heavy atom. The highest BCUT2D eigenvalue weighted by atomic mass is 15.6. The van der Waals surface area contributed by atoms with Crippen molar-refractivity contribution in [3.8, 4) is 0 Å². The van der Waals surface area contributed by atoms with Crippen LogP contribution in [0.3, 0.4) is 0 Å². The predicted molar refractivity (Wildman–Crippen MR) is 57.4 cm³/mol. The van der Waals surface area contributed by atoms with Crippen LogP contribution in [0.1, 0.15) is 25.7 Å². The Labute approximate surface area is 89.4 Å². The van der Waals surface area contributed by atoms with Crippen LogP contribution in [-0.2, 0) is 7.05 Å². The van der Waals surface area contributed by atoms with E-state index < -0.39 is 0 Å². The van der Waals surface area contributed by atoms with E-state index in [1.54, 1.807) is 4.68 Å². The molecule has 0 amide bonds. The Morgan fingerprint density at radius 1 is 1.33 bits per heavy atom. The van der Waals surface area contributed by atoms with Crippen LogP contribution in [-0.4, -0.2) is 39.3 Å². The molecular formula is C9H18N6. The van der Waals surface area contributed by atoms with Crippen LogP contribution in [0.2, 0.25) is 0 Å². The Morgan fingerprint density at radius 2 is 2.00 bits per heavy atom. The van der Waals surface area contributed by atoms with Gasteiger partial charge in [-0.05, 0) is 36.1 Å². The highest BCUT2D eigenvalue weighted by Gasteiger charge is 2.24. The molecule has 6 heteroatoms. The number of hydrogen-bond donors (Lipinski definition) is 1. The van der Waals surface area contributed by atoms with Gasteiger partial charge >= 0.3 is 0 Å². The topological polar surface area (TPSA) is 72.9 Å². The van der Waals surface area contributed by atoms with Gasteiger partial charge in [-0.3, -0.25) is 0 Å². The first kappa shape index (κ1) is 10.4. The Balaban J connectivity index is 2.02. The molecule has 1 aliphatic carbocycles. The lowest BCUT2D eigenvalue weighted by molar-refractivity contribution is 0.380. The minimum Gasteiger partial charge on any atom is -0.340 e.